The van der Waals surface area contributed by atoms with E-state index in [9.17, 15) is 4.79 Å². The van der Waals surface area contributed by atoms with E-state index in [0.717, 1.165) is 47.8 Å². The molecule has 7 heteroatoms. The topological polar surface area (TPSA) is 45.3 Å². The number of amides is 1. The fraction of sp³-hybridized carbons (Fsp3) is 0.500. The average molecular weight is 632 g/mol. The van der Waals surface area contributed by atoms with E-state index in [0.29, 0.717) is 28.6 Å². The molecule has 1 heterocycles. The Morgan fingerprint density at radius 3 is 2.29 bits per heavy atom. The lowest BCUT2D eigenvalue weighted by molar-refractivity contribution is -0.118. The van der Waals surface area contributed by atoms with E-state index >= 15 is 0 Å². The Morgan fingerprint density at radius 2 is 1.69 bits per heavy atom. The molecule has 1 aliphatic heterocycles. The molecule has 0 saturated heterocycles. The van der Waals surface area contributed by atoms with Crippen molar-refractivity contribution in [1.29, 1.82) is 0 Å². The number of hydrogen-bond donors (Lipinski definition) is 0. The normalized spacial score (nSPS) is 21.2. The number of ether oxygens (including phenoxy) is 2. The fourth-order valence-corrected chi connectivity index (χ4v) is 7.20. The quantitative estimate of drug-likeness (QED) is 0.201. The van der Waals surface area contributed by atoms with Gasteiger partial charge in [-0.05, 0) is 125 Å². The number of nitrogens with zero attached hydrogens (tertiary/aromatic N) is 3. The van der Waals surface area contributed by atoms with Gasteiger partial charge < -0.3 is 19.3 Å². The molecule has 2 aliphatic rings. The lowest BCUT2D eigenvalue weighted by Gasteiger charge is -2.38. The van der Waals surface area contributed by atoms with Gasteiger partial charge in [-0.25, -0.2) is 0 Å². The third-order valence-corrected chi connectivity index (χ3v) is 10.3. The molecule has 5 atom stereocenters. The van der Waals surface area contributed by atoms with Crippen LogP contribution in [0.15, 0.2) is 60.7 Å². The van der Waals surface area contributed by atoms with Crippen molar-refractivity contribution in [2.24, 2.45) is 5.92 Å². The molecular formula is C38H50ClN3O3. The van der Waals surface area contributed by atoms with Gasteiger partial charge in [0.2, 0.25) is 5.91 Å². The summed E-state index contributed by atoms with van der Waals surface area (Å²) in [5, 5.41) is 0.664. The van der Waals surface area contributed by atoms with Crippen molar-refractivity contribution in [3.05, 3.63) is 87.9 Å². The van der Waals surface area contributed by atoms with Crippen molar-refractivity contribution >= 4 is 23.2 Å². The van der Waals surface area contributed by atoms with E-state index in [1.165, 1.54) is 24.8 Å². The number of methoxy groups -OCH3 is 1. The number of carbonyl (C=O) groups excluding carboxylic acids is 1. The van der Waals surface area contributed by atoms with Crippen molar-refractivity contribution in [2.45, 2.75) is 84.0 Å². The van der Waals surface area contributed by atoms with Gasteiger partial charge in [0.25, 0.3) is 0 Å². The maximum Gasteiger partial charge on any atom is 0.232 e. The van der Waals surface area contributed by atoms with Crippen LogP contribution in [-0.2, 0) is 11.2 Å². The summed E-state index contributed by atoms with van der Waals surface area (Å²) in [6, 6.07) is 21.1. The Bertz CT molecular complexity index is 1440. The second kappa shape index (κ2) is 14.6. The summed E-state index contributed by atoms with van der Waals surface area (Å²) in [4.78, 5) is 20.9. The zero-order valence-corrected chi connectivity index (χ0v) is 28.8. The van der Waals surface area contributed by atoms with Crippen molar-refractivity contribution in [3.8, 4) is 11.5 Å². The molecule has 242 valence electrons. The third-order valence-electron chi connectivity index (χ3n) is 10.0. The van der Waals surface area contributed by atoms with Crippen molar-refractivity contribution in [1.82, 2.24) is 9.80 Å². The van der Waals surface area contributed by atoms with Gasteiger partial charge in [-0.3, -0.25) is 9.69 Å². The molecule has 3 aromatic carbocycles. The first-order valence-corrected chi connectivity index (χ1v) is 17.0. The molecule has 3 aromatic rings. The monoisotopic (exact) mass is 631 g/mol. The van der Waals surface area contributed by atoms with Crippen LogP contribution in [0, 0.1) is 5.92 Å². The molecule has 0 spiro atoms. The van der Waals surface area contributed by atoms with Gasteiger partial charge in [-0.1, -0.05) is 49.7 Å². The Hall–Kier alpha value is -3.06. The van der Waals surface area contributed by atoms with Crippen LogP contribution in [0.3, 0.4) is 0 Å². The first-order chi connectivity index (χ1) is 21.6. The maximum atomic E-state index is 14.0. The molecule has 0 bridgehead atoms. The average Bonchev–Trinajstić information content (AvgIpc) is 3.52. The van der Waals surface area contributed by atoms with Gasteiger partial charge in [0.1, 0.15) is 0 Å². The van der Waals surface area contributed by atoms with Crippen LogP contribution in [0.2, 0.25) is 5.02 Å². The van der Waals surface area contributed by atoms with E-state index in [-0.39, 0.29) is 24.5 Å². The van der Waals surface area contributed by atoms with Gasteiger partial charge >= 0.3 is 0 Å². The highest BCUT2D eigenvalue weighted by molar-refractivity contribution is 6.30. The number of hydrogen-bond acceptors (Lipinski definition) is 5. The third kappa shape index (κ3) is 7.34. The van der Waals surface area contributed by atoms with E-state index in [4.69, 9.17) is 21.1 Å². The van der Waals surface area contributed by atoms with E-state index in [1.807, 2.05) is 35.2 Å². The van der Waals surface area contributed by atoms with Crippen LogP contribution < -0.4 is 14.4 Å². The molecule has 1 amide bonds. The summed E-state index contributed by atoms with van der Waals surface area (Å²) in [5.41, 5.74) is 5.14. The molecule has 5 rings (SSSR count). The number of rotatable bonds is 12. The maximum absolute atomic E-state index is 14.0. The van der Waals surface area contributed by atoms with E-state index in [2.05, 4.69) is 81.9 Å². The summed E-state index contributed by atoms with van der Waals surface area (Å²) in [5.74, 6) is 2.13. The zero-order valence-electron chi connectivity index (χ0n) is 28.1. The highest BCUT2D eigenvalue weighted by atomic mass is 35.5. The van der Waals surface area contributed by atoms with Gasteiger partial charge in [0.15, 0.2) is 11.5 Å². The summed E-state index contributed by atoms with van der Waals surface area (Å²) in [7, 11) is 6.05. The standard InChI is InChI=1S/C38H50ClN3O3/c1-8-25(3)45-36-23-34-30(21-35(36)44-7)22-37(43)42(38(34)29-11-15-31(39)16-12-29)32-18-13-28(14-19-32)26(4)41(9-2)24-27-10-17-33(20-27)40(5)6/h11-16,18-19,21,23,25-27,33,38H,8-10,17,20,22,24H2,1-7H3/t25-,26?,27?,33-,38?/m1/s1. The summed E-state index contributed by atoms with van der Waals surface area (Å²) in [6.07, 6.45) is 5.06. The smallest absolute Gasteiger partial charge is 0.232 e. The van der Waals surface area contributed by atoms with Crippen LogP contribution in [0.5, 0.6) is 11.5 Å². The second-order valence-corrected chi connectivity index (χ2v) is 13.5. The molecular weight excluding hydrogens is 582 g/mol. The van der Waals surface area contributed by atoms with Gasteiger partial charge in [0, 0.05) is 29.3 Å². The SMILES string of the molecule is CC[C@@H](C)Oc1cc2c(cc1OC)CC(=O)N(c1ccc(C(C)N(CC)CC3CC[C@@H](N(C)C)C3)cc1)C2c1ccc(Cl)cc1. The molecule has 3 unspecified atom stereocenters. The second-order valence-electron chi connectivity index (χ2n) is 13.1. The minimum atomic E-state index is -0.328. The van der Waals surface area contributed by atoms with E-state index in [1.54, 1.807) is 7.11 Å². The first-order valence-electron chi connectivity index (χ1n) is 16.6. The summed E-state index contributed by atoms with van der Waals surface area (Å²) >= 11 is 6.31. The summed E-state index contributed by atoms with van der Waals surface area (Å²) < 4.78 is 12.0. The van der Waals surface area contributed by atoms with Crippen LogP contribution in [0.25, 0.3) is 0 Å². The van der Waals surface area contributed by atoms with Gasteiger partial charge in [-0.15, -0.1) is 0 Å². The highest BCUT2D eigenvalue weighted by Crippen LogP contribution is 2.44. The van der Waals surface area contributed by atoms with E-state index < -0.39 is 0 Å². The number of anilines is 1. The number of halogens is 1. The lowest BCUT2D eigenvalue weighted by Crippen LogP contribution is -2.41. The number of carbonyl (C=O) groups is 1. The molecule has 0 N–H and O–H groups in total. The van der Waals surface area contributed by atoms with Crippen LogP contribution >= 0.6 is 11.6 Å². The number of benzene rings is 3. The Balaban J connectivity index is 1.46. The predicted octanol–water partition coefficient (Wildman–Crippen LogP) is 8.32. The largest absolute Gasteiger partial charge is 0.493 e. The molecule has 0 radical (unpaired) electrons. The molecule has 0 aromatic heterocycles. The highest BCUT2D eigenvalue weighted by Gasteiger charge is 2.36. The van der Waals surface area contributed by atoms with Gasteiger partial charge in [-0.2, -0.15) is 0 Å². The Kier molecular flexibility index (Phi) is 10.8. The van der Waals surface area contributed by atoms with Crippen molar-refractivity contribution in [3.63, 3.8) is 0 Å². The first kappa shape index (κ1) is 33.3. The Morgan fingerprint density at radius 1 is 0.978 bits per heavy atom. The van der Waals surface area contributed by atoms with Gasteiger partial charge in [0.05, 0.1) is 25.7 Å². The molecule has 6 nitrogen and oxygen atoms in total. The minimum absolute atomic E-state index is 0.0348. The van der Waals surface area contributed by atoms with Crippen molar-refractivity contribution in [2.75, 3.05) is 39.2 Å². The predicted molar refractivity (Wildman–Crippen MR) is 185 cm³/mol. The lowest BCUT2D eigenvalue weighted by atomic mass is 9.86. The Labute approximate surface area is 275 Å². The molecule has 1 saturated carbocycles. The molecule has 1 fully saturated rings. The number of fused-ring (bicyclic) bond motifs is 1. The fourth-order valence-electron chi connectivity index (χ4n) is 7.08. The molecule has 45 heavy (non-hydrogen) atoms. The molecule has 1 aliphatic carbocycles. The van der Waals surface area contributed by atoms with Crippen LogP contribution in [0.4, 0.5) is 5.69 Å². The summed E-state index contributed by atoms with van der Waals surface area (Å²) in [6.45, 7) is 10.9. The van der Waals surface area contributed by atoms with Crippen LogP contribution in [0.1, 0.15) is 87.7 Å². The van der Waals surface area contributed by atoms with Crippen LogP contribution in [-0.4, -0.2) is 62.1 Å². The van der Waals surface area contributed by atoms with Crippen molar-refractivity contribution < 1.29 is 14.3 Å². The minimum Gasteiger partial charge on any atom is -0.493 e. The zero-order chi connectivity index (χ0) is 32.2.